The van der Waals surface area contributed by atoms with Crippen LogP contribution in [0.15, 0.2) is 28.2 Å². The number of phenolic OH excluding ortho intramolecular Hbond substituents is 1. The number of benzene rings is 1. The fourth-order valence-corrected chi connectivity index (χ4v) is 2.78. The first-order valence-electron chi connectivity index (χ1n) is 7.69. The van der Waals surface area contributed by atoms with Gasteiger partial charge in [-0.25, -0.2) is 4.98 Å². The lowest BCUT2D eigenvalue weighted by atomic mass is 10.0. The third kappa shape index (κ3) is 4.28. The first-order chi connectivity index (χ1) is 11.1. The number of hydrogen-bond acceptors (Lipinski definition) is 5. The van der Waals surface area contributed by atoms with Crippen molar-refractivity contribution in [1.82, 2.24) is 9.97 Å². The van der Waals surface area contributed by atoms with Gasteiger partial charge in [0.25, 0.3) is 5.56 Å². The molecule has 0 amide bonds. The minimum atomic E-state index is -0.0983. The molecule has 124 valence electrons. The van der Waals surface area contributed by atoms with Crippen LogP contribution in [0, 0.1) is 0 Å². The summed E-state index contributed by atoms with van der Waals surface area (Å²) in [6.07, 6.45) is 4.05. The van der Waals surface area contributed by atoms with Gasteiger partial charge in [0, 0.05) is 12.0 Å². The monoisotopic (exact) mass is 334 g/mol. The van der Waals surface area contributed by atoms with Gasteiger partial charge in [0.2, 0.25) is 0 Å². The first kappa shape index (κ1) is 17.4. The van der Waals surface area contributed by atoms with E-state index in [2.05, 4.69) is 16.9 Å². The number of aromatic nitrogens is 2. The summed E-state index contributed by atoms with van der Waals surface area (Å²) in [5.41, 5.74) is 2.33. The lowest BCUT2D eigenvalue weighted by Gasteiger charge is -2.11. The summed E-state index contributed by atoms with van der Waals surface area (Å²) in [6.45, 7) is 4.41. The van der Waals surface area contributed by atoms with E-state index in [1.54, 1.807) is 18.2 Å². The van der Waals surface area contributed by atoms with Gasteiger partial charge in [-0.15, -0.1) is 0 Å². The number of nitrogens with one attached hydrogen (secondary N) is 1. The minimum Gasteiger partial charge on any atom is -0.504 e. The lowest BCUT2D eigenvalue weighted by Crippen LogP contribution is -2.19. The molecule has 0 saturated heterocycles. The van der Waals surface area contributed by atoms with E-state index in [0.29, 0.717) is 29.5 Å². The van der Waals surface area contributed by atoms with Crippen LogP contribution in [0.5, 0.6) is 11.5 Å². The Hall–Kier alpha value is -1.95. The molecule has 1 heterocycles. The van der Waals surface area contributed by atoms with Crippen molar-refractivity contribution in [2.24, 2.45) is 0 Å². The number of hydrogen-bond donors (Lipinski definition) is 2. The maximum absolute atomic E-state index is 12.4. The minimum absolute atomic E-state index is 0.0983. The molecule has 0 radical (unpaired) electrons. The van der Waals surface area contributed by atoms with Gasteiger partial charge in [-0.1, -0.05) is 31.2 Å². The molecule has 0 fully saturated rings. The van der Waals surface area contributed by atoms with Gasteiger partial charge in [0.1, 0.15) is 0 Å². The molecule has 0 bridgehead atoms. The van der Waals surface area contributed by atoms with Crippen LogP contribution in [0.25, 0.3) is 0 Å². The van der Waals surface area contributed by atoms with Gasteiger partial charge in [-0.05, 0) is 37.3 Å². The maximum atomic E-state index is 12.4. The number of H-pyrrole nitrogens is 1. The predicted molar refractivity (Wildman–Crippen MR) is 92.7 cm³/mol. The fourth-order valence-electron chi connectivity index (χ4n) is 2.39. The van der Waals surface area contributed by atoms with Crippen molar-refractivity contribution in [3.8, 4) is 11.5 Å². The molecule has 6 heteroatoms. The molecule has 0 aliphatic carbocycles. The first-order valence-corrected chi connectivity index (χ1v) is 8.92. The van der Waals surface area contributed by atoms with Gasteiger partial charge in [0.15, 0.2) is 16.7 Å². The molecule has 0 saturated carbocycles. The van der Waals surface area contributed by atoms with Crippen LogP contribution in [0.1, 0.15) is 37.1 Å². The third-order valence-corrected chi connectivity index (χ3v) is 4.04. The Morgan fingerprint density at radius 1 is 1.35 bits per heavy atom. The number of phenols is 1. The summed E-state index contributed by atoms with van der Waals surface area (Å²) in [5, 5.41) is 10.4. The molecule has 1 aromatic carbocycles. The van der Waals surface area contributed by atoms with E-state index in [-0.39, 0.29) is 11.3 Å². The second-order valence-electron chi connectivity index (χ2n) is 5.16. The van der Waals surface area contributed by atoms with Crippen LogP contribution in [-0.4, -0.2) is 27.9 Å². The molecule has 0 atom stereocenters. The average molecular weight is 334 g/mol. The number of rotatable bonds is 7. The number of ether oxygens (including phenoxy) is 1. The highest BCUT2D eigenvalue weighted by Crippen LogP contribution is 2.28. The highest BCUT2D eigenvalue weighted by Gasteiger charge is 2.13. The molecular weight excluding hydrogens is 312 g/mol. The Bertz CT molecular complexity index is 728. The Kier molecular flexibility index (Phi) is 6.10. The zero-order chi connectivity index (χ0) is 16.8. The largest absolute Gasteiger partial charge is 0.504 e. The van der Waals surface area contributed by atoms with Crippen LogP contribution in [0.2, 0.25) is 0 Å². The molecule has 0 unspecified atom stereocenters. The maximum Gasteiger partial charge on any atom is 0.255 e. The van der Waals surface area contributed by atoms with Gasteiger partial charge >= 0.3 is 0 Å². The Morgan fingerprint density at radius 2 is 2.13 bits per heavy atom. The number of thioether (sulfide) groups is 1. The molecule has 0 aliphatic heterocycles. The zero-order valence-corrected chi connectivity index (χ0v) is 14.5. The second kappa shape index (κ2) is 8.06. The molecule has 2 rings (SSSR count). The zero-order valence-electron chi connectivity index (χ0n) is 13.7. The van der Waals surface area contributed by atoms with Gasteiger partial charge in [-0.3, -0.25) is 4.79 Å². The highest BCUT2D eigenvalue weighted by molar-refractivity contribution is 7.98. The molecule has 0 spiro atoms. The van der Waals surface area contributed by atoms with Crippen LogP contribution >= 0.6 is 11.8 Å². The molecule has 5 nitrogen and oxygen atoms in total. The number of nitrogens with zero attached hydrogens (tertiary/aromatic N) is 1. The van der Waals surface area contributed by atoms with E-state index >= 15 is 0 Å². The van der Waals surface area contributed by atoms with Gasteiger partial charge in [-0.2, -0.15) is 0 Å². The van der Waals surface area contributed by atoms with Crippen molar-refractivity contribution < 1.29 is 9.84 Å². The summed E-state index contributed by atoms with van der Waals surface area (Å²) in [4.78, 5) is 19.7. The topological polar surface area (TPSA) is 75.2 Å². The van der Waals surface area contributed by atoms with Crippen LogP contribution in [0.4, 0.5) is 0 Å². The van der Waals surface area contributed by atoms with E-state index in [0.717, 1.165) is 24.1 Å². The predicted octanol–water partition coefficient (Wildman–Crippen LogP) is 3.14. The summed E-state index contributed by atoms with van der Waals surface area (Å²) in [6, 6.07) is 5.17. The molecular formula is C17H22N2O3S. The van der Waals surface area contributed by atoms with E-state index in [9.17, 15) is 9.90 Å². The van der Waals surface area contributed by atoms with Crippen LogP contribution in [-0.2, 0) is 12.8 Å². The molecule has 2 N–H and O–H groups in total. The number of aromatic hydroxyl groups is 1. The van der Waals surface area contributed by atoms with Gasteiger partial charge < -0.3 is 14.8 Å². The van der Waals surface area contributed by atoms with E-state index < -0.39 is 0 Å². The smallest absolute Gasteiger partial charge is 0.255 e. The number of aromatic amines is 1. The Labute approximate surface area is 140 Å². The van der Waals surface area contributed by atoms with Gasteiger partial charge in [0.05, 0.1) is 12.3 Å². The van der Waals surface area contributed by atoms with Crippen molar-refractivity contribution in [1.29, 1.82) is 0 Å². The fraction of sp³-hybridized carbons (Fsp3) is 0.412. The van der Waals surface area contributed by atoms with Crippen molar-refractivity contribution in [3.05, 3.63) is 45.4 Å². The van der Waals surface area contributed by atoms with Crippen molar-refractivity contribution in [2.75, 3.05) is 12.9 Å². The Balaban J connectivity index is 2.39. The van der Waals surface area contributed by atoms with E-state index in [1.807, 2.05) is 13.2 Å². The SMILES string of the molecule is CCCc1nc(SC)[nH]c(=O)c1Cc1ccc(O)c(OCC)c1. The summed E-state index contributed by atoms with van der Waals surface area (Å²) in [7, 11) is 0. The van der Waals surface area contributed by atoms with Crippen molar-refractivity contribution in [2.45, 2.75) is 38.3 Å². The summed E-state index contributed by atoms with van der Waals surface area (Å²) < 4.78 is 5.40. The molecule has 0 aliphatic rings. The standard InChI is InChI=1S/C17H22N2O3S/c1-4-6-13-12(16(21)19-17(18-13)23-3)9-11-7-8-14(20)15(10-11)22-5-2/h7-8,10,20H,4-6,9H2,1-3H3,(H,18,19,21). The van der Waals surface area contributed by atoms with Crippen molar-refractivity contribution >= 4 is 11.8 Å². The lowest BCUT2D eigenvalue weighted by molar-refractivity contribution is 0.318. The molecule has 23 heavy (non-hydrogen) atoms. The summed E-state index contributed by atoms with van der Waals surface area (Å²) >= 11 is 1.43. The van der Waals surface area contributed by atoms with E-state index in [4.69, 9.17) is 4.74 Å². The second-order valence-corrected chi connectivity index (χ2v) is 5.96. The summed E-state index contributed by atoms with van der Waals surface area (Å²) in [5.74, 6) is 0.543. The van der Waals surface area contributed by atoms with Crippen LogP contribution < -0.4 is 10.3 Å². The number of aryl methyl sites for hydroxylation is 1. The third-order valence-electron chi connectivity index (χ3n) is 3.46. The van der Waals surface area contributed by atoms with Crippen LogP contribution in [0.3, 0.4) is 0 Å². The quantitative estimate of drug-likeness (QED) is 0.601. The normalized spacial score (nSPS) is 10.7. The molecule has 2 aromatic rings. The van der Waals surface area contributed by atoms with E-state index in [1.165, 1.54) is 11.8 Å². The van der Waals surface area contributed by atoms with Crippen molar-refractivity contribution in [3.63, 3.8) is 0 Å². The Morgan fingerprint density at radius 3 is 2.78 bits per heavy atom. The molecule has 1 aromatic heterocycles. The highest BCUT2D eigenvalue weighted by atomic mass is 32.2. The average Bonchev–Trinajstić information content (AvgIpc) is 2.53.